The van der Waals surface area contributed by atoms with E-state index >= 15 is 0 Å². The molecule has 7 heterocycles. The van der Waals surface area contributed by atoms with E-state index in [2.05, 4.69) is 20.1 Å². The second-order valence-corrected chi connectivity index (χ2v) is 18.0. The highest BCUT2D eigenvalue weighted by Crippen LogP contribution is 2.40. The smallest absolute Gasteiger partial charge is 0.343 e. The Morgan fingerprint density at radius 3 is 2.40 bits per heavy atom. The van der Waals surface area contributed by atoms with Crippen molar-refractivity contribution in [2.24, 2.45) is 4.99 Å². The Kier molecular flexibility index (Phi) is 11.6. The van der Waals surface area contributed by atoms with Gasteiger partial charge in [-0.3, -0.25) is 14.5 Å². The van der Waals surface area contributed by atoms with E-state index in [0.29, 0.717) is 129 Å². The Labute approximate surface area is 389 Å². The van der Waals surface area contributed by atoms with E-state index in [1.807, 2.05) is 26.8 Å². The number of aromatic nitrogens is 4. The zero-order valence-electron chi connectivity index (χ0n) is 36.8. The van der Waals surface area contributed by atoms with Crippen LogP contribution in [0.2, 0.25) is 5.02 Å². The number of amides is 3. The van der Waals surface area contributed by atoms with Gasteiger partial charge in [0.25, 0.3) is 11.5 Å². The first-order valence-electron chi connectivity index (χ1n) is 22.5. The summed E-state index contributed by atoms with van der Waals surface area (Å²) in [6.45, 7) is 6.51. The van der Waals surface area contributed by atoms with Crippen LogP contribution in [0.3, 0.4) is 0 Å². The first kappa shape index (κ1) is 43.9. The van der Waals surface area contributed by atoms with Crippen LogP contribution < -0.4 is 15.2 Å². The molecule has 10 rings (SSSR count). The summed E-state index contributed by atoms with van der Waals surface area (Å²) in [5, 5.41) is 41.1. The minimum absolute atomic E-state index is 0.0257. The molecular formula is C48H47ClN10O8. The summed E-state index contributed by atoms with van der Waals surface area (Å²) in [5.74, 6) is 0.144. The second-order valence-electron chi connectivity index (χ2n) is 17.6. The van der Waals surface area contributed by atoms with Crippen molar-refractivity contribution in [1.29, 1.82) is 5.26 Å². The Morgan fingerprint density at radius 1 is 0.970 bits per heavy atom. The molecule has 1 saturated carbocycles. The number of pyridine rings is 2. The molecular weight excluding hydrogens is 880 g/mol. The van der Waals surface area contributed by atoms with Crippen LogP contribution in [0.15, 0.2) is 64.4 Å². The number of aliphatic hydroxyl groups is 1. The Hall–Kier alpha value is -6.94. The number of carbonyl (C=O) groups excluding carboxylic acids is 3. The van der Waals surface area contributed by atoms with Crippen molar-refractivity contribution >= 4 is 51.9 Å². The van der Waals surface area contributed by atoms with Gasteiger partial charge in [0.2, 0.25) is 0 Å². The Morgan fingerprint density at radius 2 is 1.72 bits per heavy atom. The standard InChI is InChI=1S/C48H47ClN10O8/c1-2-48(65)36-23-40-43-29(25-59(40)45(62)35(36)27-66-46(48)63)21-33-34(41(60)11-9-38(33)52-43)26-55-13-15-57(16-14-55)47(64)58-19-17-56(18-20-58)42-12-10-39(53-54-42)44(61)51-30-4-7-31(8-5-30)67-32-6-3-28(24-50)37(49)22-32/h3,6,9-12,21-23,31,60,65H,2,4-5,7-8,13-20,25-27H2,1H3/t31?,48-/m0/s1. The van der Waals surface area contributed by atoms with Crippen molar-refractivity contribution in [2.45, 2.75) is 70.4 Å². The number of hydrogen-bond donors (Lipinski definition) is 2. The normalized spacial score (nSPS) is 20.4. The van der Waals surface area contributed by atoms with Crippen LogP contribution in [0, 0.1) is 11.3 Å². The molecule has 3 amide bonds. The largest absolute Gasteiger partial charge is 0.508 e. The molecule has 0 bridgehead atoms. The van der Waals surface area contributed by atoms with Crippen molar-refractivity contribution in [2.75, 3.05) is 57.3 Å². The van der Waals surface area contributed by atoms with Gasteiger partial charge in [-0.25, -0.2) is 19.6 Å². The van der Waals surface area contributed by atoms with Gasteiger partial charge in [0.1, 0.15) is 24.2 Å². The number of benzene rings is 2. The summed E-state index contributed by atoms with van der Waals surface area (Å²) >= 11 is 6.15. The molecule has 0 unspecified atom stereocenters. The van der Waals surface area contributed by atoms with Gasteiger partial charge in [0.05, 0.1) is 45.7 Å². The average Bonchev–Trinajstić information content (AvgIpc) is 3.71. The summed E-state index contributed by atoms with van der Waals surface area (Å²) in [6.07, 6.45) is 2.62. The van der Waals surface area contributed by atoms with Gasteiger partial charge in [-0.2, -0.15) is 5.26 Å². The zero-order valence-corrected chi connectivity index (χ0v) is 37.5. The maximum atomic E-state index is 13.7. The number of anilines is 1. The third kappa shape index (κ3) is 8.21. The molecule has 344 valence electrons. The van der Waals surface area contributed by atoms with E-state index < -0.39 is 17.5 Å². The molecule has 3 fully saturated rings. The second kappa shape index (κ2) is 17.7. The summed E-state index contributed by atoms with van der Waals surface area (Å²) < 4.78 is 12.9. The third-order valence-corrected chi connectivity index (χ3v) is 14.0. The number of fused-ring (bicyclic) bond motifs is 5. The van der Waals surface area contributed by atoms with Gasteiger partial charge in [-0.05, 0) is 80.6 Å². The first-order valence-corrected chi connectivity index (χ1v) is 22.9. The molecule has 0 radical (unpaired) electrons. The van der Waals surface area contributed by atoms with E-state index in [4.69, 9.17) is 31.3 Å². The number of hydrogen-bond acceptors (Lipinski definition) is 14. The minimum atomic E-state index is -1.91. The third-order valence-electron chi connectivity index (χ3n) is 13.7. The molecule has 19 heteroatoms. The van der Waals surface area contributed by atoms with Crippen LogP contribution in [0.5, 0.6) is 11.5 Å². The number of piperazine rings is 2. The number of aliphatic imine (C=N–C) groups is 1. The van der Waals surface area contributed by atoms with Crippen LogP contribution >= 0.6 is 11.6 Å². The van der Waals surface area contributed by atoms with Crippen LogP contribution in [0.4, 0.5) is 10.6 Å². The lowest BCUT2D eigenvalue weighted by Crippen LogP contribution is -2.56. The molecule has 2 aromatic carbocycles. The van der Waals surface area contributed by atoms with Gasteiger partial charge in [-0.1, -0.05) is 18.5 Å². The highest BCUT2D eigenvalue weighted by Gasteiger charge is 2.45. The highest BCUT2D eigenvalue weighted by molar-refractivity contribution is 6.31. The number of phenolic OH excluding ortho intramolecular Hbond substituents is 1. The predicted octanol–water partition coefficient (Wildman–Crippen LogP) is 4.76. The zero-order chi connectivity index (χ0) is 46.6. The fourth-order valence-corrected chi connectivity index (χ4v) is 9.94. The van der Waals surface area contributed by atoms with Crippen molar-refractivity contribution in [3.8, 4) is 29.0 Å². The Balaban J connectivity index is 0.712. The van der Waals surface area contributed by atoms with E-state index in [-0.39, 0.29) is 59.8 Å². The van der Waals surface area contributed by atoms with E-state index in [0.717, 1.165) is 16.7 Å². The van der Waals surface area contributed by atoms with Crippen molar-refractivity contribution in [3.63, 3.8) is 0 Å². The quantitative estimate of drug-likeness (QED) is 0.206. The van der Waals surface area contributed by atoms with Gasteiger partial charge in [-0.15, -0.1) is 10.2 Å². The van der Waals surface area contributed by atoms with Crippen LogP contribution in [0.1, 0.15) is 77.3 Å². The fraction of sp³-hybridized carbons (Fsp3) is 0.396. The molecule has 5 aromatic rings. The number of nitrogens with zero attached hydrogens (tertiary/aromatic N) is 10. The number of phenols is 1. The van der Waals surface area contributed by atoms with Gasteiger partial charge < -0.3 is 39.0 Å². The lowest BCUT2D eigenvalue weighted by atomic mass is 9.86. The number of rotatable bonds is 7. The summed E-state index contributed by atoms with van der Waals surface area (Å²) in [7, 11) is 0. The number of ether oxygens (including phenoxy) is 2. The van der Waals surface area contributed by atoms with E-state index in [1.54, 1.807) is 60.0 Å². The fourth-order valence-electron chi connectivity index (χ4n) is 9.73. The number of urea groups is 1. The number of nitriles is 1. The monoisotopic (exact) mass is 926 g/mol. The van der Waals surface area contributed by atoms with Crippen LogP contribution in [-0.4, -0.2) is 127 Å². The number of esters is 1. The summed E-state index contributed by atoms with van der Waals surface area (Å²) in [4.78, 5) is 70.2. The average molecular weight is 927 g/mol. The van der Waals surface area contributed by atoms with Gasteiger partial charge >= 0.3 is 12.0 Å². The van der Waals surface area contributed by atoms with E-state index in [9.17, 15) is 29.4 Å². The molecule has 0 spiro atoms. The molecule has 2 N–H and O–H groups in total. The number of cyclic esters (lactones) is 1. The van der Waals surface area contributed by atoms with E-state index in [1.165, 1.54) is 0 Å². The topological polar surface area (TPSA) is 220 Å². The Bertz CT molecular complexity index is 2960. The lowest BCUT2D eigenvalue weighted by Gasteiger charge is -2.40. The summed E-state index contributed by atoms with van der Waals surface area (Å²) in [6, 6.07) is 17.4. The number of aromatic hydroxyl groups is 1. The van der Waals surface area contributed by atoms with Crippen molar-refractivity contribution < 1.29 is 34.1 Å². The van der Waals surface area contributed by atoms with Crippen LogP contribution in [-0.2, 0) is 34.8 Å². The molecule has 18 nitrogen and oxygen atoms in total. The maximum absolute atomic E-state index is 13.7. The highest BCUT2D eigenvalue weighted by atomic mass is 35.5. The maximum Gasteiger partial charge on any atom is 0.343 e. The number of halogens is 1. The van der Waals surface area contributed by atoms with Gasteiger partial charge in [0.15, 0.2) is 17.1 Å². The SMILES string of the molecule is CC[C@@]1(O)C(=O)OCc2c1cc1n(c2=O)Cc2cc3c(CN4CCN(C(=O)N5CCN(c6ccc(C(=O)N=C7CCC(Oc8ccc(C#N)c(Cl)c8)CC7)nn6)CC5)CC4)c(O)ccc3nc2-1. The first-order chi connectivity index (χ1) is 32.4. The molecule has 67 heavy (non-hydrogen) atoms. The van der Waals surface area contributed by atoms with Gasteiger partial charge in [0, 0.05) is 92.8 Å². The molecule has 1 atom stereocenters. The molecule has 4 aliphatic heterocycles. The van der Waals surface area contributed by atoms with Crippen molar-refractivity contribution in [1.82, 2.24) is 34.4 Å². The predicted molar refractivity (Wildman–Crippen MR) is 245 cm³/mol. The molecule has 1 aliphatic carbocycles. The minimum Gasteiger partial charge on any atom is -0.508 e. The molecule has 2 saturated heterocycles. The molecule has 3 aromatic heterocycles. The lowest BCUT2D eigenvalue weighted by molar-refractivity contribution is -0.172. The number of carbonyl (C=O) groups is 3. The van der Waals surface area contributed by atoms with Crippen molar-refractivity contribution in [3.05, 3.63) is 103 Å². The molecule has 5 aliphatic rings. The summed E-state index contributed by atoms with van der Waals surface area (Å²) in [5.41, 5.74) is 2.86. The van der Waals surface area contributed by atoms with Crippen LogP contribution in [0.25, 0.3) is 22.3 Å².